The molecule has 0 spiro atoms. The predicted octanol–water partition coefficient (Wildman–Crippen LogP) is 2.80. The Morgan fingerprint density at radius 3 is 2.62 bits per heavy atom. The Hall–Kier alpha value is -1.66. The fourth-order valence-electron chi connectivity index (χ4n) is 2.83. The van der Waals surface area contributed by atoms with Crippen molar-refractivity contribution in [1.29, 1.82) is 0 Å². The third-order valence-corrected chi connectivity index (χ3v) is 4.48. The van der Waals surface area contributed by atoms with Gasteiger partial charge in [-0.1, -0.05) is 19.1 Å². The maximum atomic E-state index is 12.9. The van der Waals surface area contributed by atoms with E-state index in [1.54, 1.807) is 24.1 Å². The lowest BCUT2D eigenvalue weighted by Crippen LogP contribution is -2.47. The molecule has 6 heteroatoms. The smallest absolute Gasteiger partial charge is 0.317 e. The summed E-state index contributed by atoms with van der Waals surface area (Å²) in [5.74, 6) is -0.278. The summed E-state index contributed by atoms with van der Waals surface area (Å²) in [5, 5.41) is 2.91. The van der Waals surface area contributed by atoms with Gasteiger partial charge < -0.3 is 19.7 Å². The molecule has 1 aromatic rings. The Bertz CT molecular complexity index is 516. The normalized spacial score (nSPS) is 16.6. The molecule has 1 fully saturated rings. The van der Waals surface area contributed by atoms with Crippen molar-refractivity contribution in [3.8, 4) is 0 Å². The van der Waals surface area contributed by atoms with E-state index in [0.717, 1.165) is 31.6 Å². The summed E-state index contributed by atoms with van der Waals surface area (Å²) in [4.78, 5) is 14.4. The fraction of sp³-hybridized carbons (Fsp3) is 0.611. The summed E-state index contributed by atoms with van der Waals surface area (Å²) in [6, 6.07) is 6.02. The molecule has 0 aliphatic carbocycles. The van der Waals surface area contributed by atoms with Crippen LogP contribution >= 0.6 is 0 Å². The van der Waals surface area contributed by atoms with Crippen LogP contribution < -0.4 is 5.32 Å². The molecule has 0 aromatic heterocycles. The molecule has 0 bridgehead atoms. The van der Waals surface area contributed by atoms with Crippen LogP contribution in [0.1, 0.15) is 25.3 Å². The lowest BCUT2D eigenvalue weighted by Gasteiger charge is -2.38. The highest BCUT2D eigenvalue weighted by Gasteiger charge is 2.31. The quantitative estimate of drug-likeness (QED) is 0.832. The minimum absolute atomic E-state index is 0.0687. The molecular formula is C18H27FN2O3. The van der Waals surface area contributed by atoms with Gasteiger partial charge in [0.05, 0.1) is 6.61 Å². The van der Waals surface area contributed by atoms with Gasteiger partial charge in [0.1, 0.15) is 5.82 Å². The average Bonchev–Trinajstić information content (AvgIpc) is 2.58. The Balaban J connectivity index is 1.92. The van der Waals surface area contributed by atoms with Gasteiger partial charge in [0.25, 0.3) is 0 Å². The topological polar surface area (TPSA) is 50.8 Å². The number of carbonyl (C=O) groups excluding carboxylic acids is 1. The molecule has 1 aliphatic rings. The van der Waals surface area contributed by atoms with Gasteiger partial charge in [-0.3, -0.25) is 0 Å². The first-order valence-electron chi connectivity index (χ1n) is 8.36. The first kappa shape index (κ1) is 18.7. The van der Waals surface area contributed by atoms with Crippen LogP contribution in [0.3, 0.4) is 0 Å². The number of halogens is 1. The summed E-state index contributed by atoms with van der Waals surface area (Å²) >= 11 is 0. The number of hydrogen-bond acceptors (Lipinski definition) is 3. The van der Waals surface area contributed by atoms with Gasteiger partial charge >= 0.3 is 6.03 Å². The summed E-state index contributed by atoms with van der Waals surface area (Å²) in [6.45, 7) is 5.77. The molecule has 5 nitrogen and oxygen atoms in total. The summed E-state index contributed by atoms with van der Waals surface area (Å²) < 4.78 is 23.5. The fourth-order valence-corrected chi connectivity index (χ4v) is 2.83. The highest BCUT2D eigenvalue weighted by atomic mass is 19.1. The van der Waals surface area contributed by atoms with Crippen LogP contribution in [0.15, 0.2) is 24.3 Å². The number of nitrogens with zero attached hydrogens (tertiary/aromatic N) is 1. The van der Waals surface area contributed by atoms with Crippen LogP contribution in [0.5, 0.6) is 0 Å². The second-order valence-electron chi connectivity index (χ2n) is 6.62. The lowest BCUT2D eigenvalue weighted by atomic mass is 9.82. The highest BCUT2D eigenvalue weighted by molar-refractivity contribution is 5.74. The molecule has 2 rings (SSSR count). The van der Waals surface area contributed by atoms with Gasteiger partial charge in [-0.05, 0) is 36.0 Å². The zero-order valence-electron chi connectivity index (χ0n) is 14.5. The highest BCUT2D eigenvalue weighted by Crippen LogP contribution is 2.30. The molecule has 24 heavy (non-hydrogen) atoms. The van der Waals surface area contributed by atoms with Crippen molar-refractivity contribution in [3.05, 3.63) is 35.6 Å². The first-order chi connectivity index (χ1) is 11.5. The molecule has 0 unspecified atom stereocenters. The van der Waals surface area contributed by atoms with Crippen LogP contribution in [0.25, 0.3) is 0 Å². The average molecular weight is 338 g/mol. The number of rotatable bonds is 7. The molecule has 1 N–H and O–H groups in total. The van der Waals surface area contributed by atoms with E-state index in [2.05, 4.69) is 12.2 Å². The van der Waals surface area contributed by atoms with E-state index in [0.29, 0.717) is 26.2 Å². The van der Waals surface area contributed by atoms with E-state index in [9.17, 15) is 9.18 Å². The van der Waals surface area contributed by atoms with Crippen LogP contribution in [-0.2, 0) is 16.0 Å². The minimum Gasteiger partial charge on any atom is -0.383 e. The van der Waals surface area contributed by atoms with Gasteiger partial charge in [0.2, 0.25) is 0 Å². The summed E-state index contributed by atoms with van der Waals surface area (Å²) in [6.07, 6.45) is 1.89. The molecule has 134 valence electrons. The monoisotopic (exact) mass is 338 g/mol. The van der Waals surface area contributed by atoms with E-state index >= 15 is 0 Å². The van der Waals surface area contributed by atoms with E-state index < -0.39 is 0 Å². The maximum Gasteiger partial charge on any atom is 0.317 e. The van der Waals surface area contributed by atoms with E-state index in [1.165, 1.54) is 12.1 Å². The van der Waals surface area contributed by atoms with Gasteiger partial charge in [-0.25, -0.2) is 9.18 Å². The molecule has 2 amide bonds. The van der Waals surface area contributed by atoms with Crippen molar-refractivity contribution in [2.75, 3.05) is 40.0 Å². The second kappa shape index (κ2) is 8.99. The standard InChI is InChI=1S/C18H27FN2O3/c1-18(7-10-24-11-8-18)14-21(9-12-23-2)17(22)20-13-15-3-5-16(19)6-4-15/h3-6H,7-14H2,1-2H3,(H,20,22). The summed E-state index contributed by atoms with van der Waals surface area (Å²) in [7, 11) is 1.63. The third-order valence-electron chi connectivity index (χ3n) is 4.48. The number of nitrogens with one attached hydrogen (secondary N) is 1. The van der Waals surface area contributed by atoms with Crippen molar-refractivity contribution in [2.45, 2.75) is 26.3 Å². The van der Waals surface area contributed by atoms with Crippen molar-refractivity contribution in [2.24, 2.45) is 5.41 Å². The molecule has 1 heterocycles. The van der Waals surface area contributed by atoms with Gasteiger partial charge in [-0.15, -0.1) is 0 Å². The molecule has 0 saturated carbocycles. The van der Waals surface area contributed by atoms with E-state index in [1.807, 2.05) is 0 Å². The first-order valence-corrected chi connectivity index (χ1v) is 8.36. The van der Waals surface area contributed by atoms with Gasteiger partial charge in [0, 0.05) is 40.0 Å². The number of carbonyl (C=O) groups is 1. The molecular weight excluding hydrogens is 311 g/mol. The number of methoxy groups -OCH3 is 1. The lowest BCUT2D eigenvalue weighted by molar-refractivity contribution is 0.00805. The van der Waals surface area contributed by atoms with Crippen LogP contribution in [0, 0.1) is 11.2 Å². The molecule has 1 aromatic carbocycles. The van der Waals surface area contributed by atoms with Gasteiger partial charge in [0.15, 0.2) is 0 Å². The Morgan fingerprint density at radius 1 is 1.33 bits per heavy atom. The third kappa shape index (κ3) is 5.76. The Kier molecular flexibility index (Phi) is 6.99. The number of ether oxygens (including phenoxy) is 2. The number of urea groups is 1. The molecule has 0 atom stereocenters. The maximum absolute atomic E-state index is 12.9. The largest absolute Gasteiger partial charge is 0.383 e. The number of benzene rings is 1. The van der Waals surface area contributed by atoms with Crippen molar-refractivity contribution < 1.29 is 18.7 Å². The zero-order valence-corrected chi connectivity index (χ0v) is 14.5. The SMILES string of the molecule is COCCN(CC1(C)CCOCC1)C(=O)NCc1ccc(F)cc1. The number of hydrogen-bond donors (Lipinski definition) is 1. The van der Waals surface area contributed by atoms with Crippen molar-refractivity contribution >= 4 is 6.03 Å². The number of amides is 2. The van der Waals surface area contributed by atoms with E-state index in [-0.39, 0.29) is 17.3 Å². The van der Waals surface area contributed by atoms with Crippen molar-refractivity contribution in [1.82, 2.24) is 10.2 Å². The molecule has 1 aliphatic heterocycles. The predicted molar refractivity (Wildman–Crippen MR) is 90.2 cm³/mol. The van der Waals surface area contributed by atoms with Crippen LogP contribution in [0.4, 0.5) is 9.18 Å². The minimum atomic E-state index is -0.278. The molecule has 1 saturated heterocycles. The van der Waals surface area contributed by atoms with Crippen molar-refractivity contribution in [3.63, 3.8) is 0 Å². The van der Waals surface area contributed by atoms with E-state index in [4.69, 9.17) is 9.47 Å². The van der Waals surface area contributed by atoms with Gasteiger partial charge in [-0.2, -0.15) is 0 Å². The summed E-state index contributed by atoms with van der Waals surface area (Å²) in [5.41, 5.74) is 0.938. The van der Waals surface area contributed by atoms with Crippen LogP contribution in [-0.4, -0.2) is 51.0 Å². The Labute approximate surface area is 143 Å². The van der Waals surface area contributed by atoms with Crippen LogP contribution in [0.2, 0.25) is 0 Å². The Morgan fingerprint density at radius 2 is 2.00 bits per heavy atom. The zero-order chi connectivity index (χ0) is 17.4. The second-order valence-corrected chi connectivity index (χ2v) is 6.62. The molecule has 0 radical (unpaired) electrons.